The van der Waals surface area contributed by atoms with Crippen molar-refractivity contribution in [3.8, 4) is 0 Å². The van der Waals surface area contributed by atoms with Crippen LogP contribution in [0.5, 0.6) is 0 Å². The van der Waals surface area contributed by atoms with Crippen LogP contribution in [0.2, 0.25) is 0 Å². The van der Waals surface area contributed by atoms with Crippen LogP contribution < -0.4 is 16.0 Å². The fraction of sp³-hybridized carbons (Fsp3) is 0.500. The highest BCUT2D eigenvalue weighted by Crippen LogP contribution is 2.45. The van der Waals surface area contributed by atoms with Crippen molar-refractivity contribution < 1.29 is 9.59 Å². The molecular weight excluding hydrogens is 330 g/mol. The number of anilines is 1. The van der Waals surface area contributed by atoms with E-state index in [9.17, 15) is 9.59 Å². The van der Waals surface area contributed by atoms with Crippen LogP contribution >= 0.6 is 23.5 Å². The average Bonchev–Trinajstić information content (AvgIpc) is 3.01. The largest absolute Gasteiger partial charge is 0.354 e. The van der Waals surface area contributed by atoms with E-state index in [1.54, 1.807) is 0 Å². The lowest BCUT2D eigenvalue weighted by molar-refractivity contribution is -0.122. The first-order valence-electron chi connectivity index (χ1n) is 7.91. The average molecular weight is 351 g/mol. The zero-order valence-corrected chi connectivity index (χ0v) is 14.5. The number of carbonyl (C=O) groups is 2. The molecule has 23 heavy (non-hydrogen) atoms. The third-order valence-electron chi connectivity index (χ3n) is 3.88. The Balaban J connectivity index is 1.58. The summed E-state index contributed by atoms with van der Waals surface area (Å²) in [7, 11) is 0. The fourth-order valence-electron chi connectivity index (χ4n) is 2.72. The molecule has 2 fully saturated rings. The molecule has 2 saturated heterocycles. The van der Waals surface area contributed by atoms with E-state index in [0.717, 1.165) is 18.5 Å². The van der Waals surface area contributed by atoms with E-state index in [0.29, 0.717) is 17.5 Å². The molecule has 2 aliphatic rings. The summed E-state index contributed by atoms with van der Waals surface area (Å²) in [6.07, 6.45) is 2.59. The molecule has 1 aromatic carbocycles. The highest BCUT2D eigenvalue weighted by molar-refractivity contribution is 8.19. The number of hydrogen-bond donors (Lipinski definition) is 3. The van der Waals surface area contributed by atoms with Crippen LogP contribution in [0, 0.1) is 0 Å². The number of hydrogen-bond acceptors (Lipinski definition) is 4. The number of rotatable bonds is 3. The summed E-state index contributed by atoms with van der Waals surface area (Å²) in [5.41, 5.74) is 1.99. The van der Waals surface area contributed by atoms with Crippen LogP contribution in [-0.2, 0) is 4.79 Å². The predicted molar refractivity (Wildman–Crippen MR) is 96.9 cm³/mol. The maximum absolute atomic E-state index is 12.2. The van der Waals surface area contributed by atoms with Gasteiger partial charge in [-0.05, 0) is 37.0 Å². The molecule has 124 valence electrons. The molecule has 2 heterocycles. The Kier molecular flexibility index (Phi) is 5.72. The third-order valence-corrected chi connectivity index (χ3v) is 6.98. The molecule has 0 bridgehead atoms. The molecule has 3 amide bonds. The summed E-state index contributed by atoms with van der Waals surface area (Å²) in [5.74, 6) is 2.25. The van der Waals surface area contributed by atoms with E-state index in [-0.39, 0.29) is 11.9 Å². The number of thioether (sulfide) groups is 2. The monoisotopic (exact) mass is 351 g/mol. The Morgan fingerprint density at radius 1 is 1.22 bits per heavy atom. The molecule has 2 aliphatic heterocycles. The Labute approximate surface area is 144 Å². The number of nitrogens with one attached hydrogen (secondary N) is 3. The predicted octanol–water partition coefficient (Wildman–Crippen LogP) is 2.96. The van der Waals surface area contributed by atoms with Crippen molar-refractivity contribution in [1.82, 2.24) is 10.6 Å². The van der Waals surface area contributed by atoms with Crippen molar-refractivity contribution in [2.75, 3.05) is 23.4 Å². The van der Waals surface area contributed by atoms with Gasteiger partial charge in [0.2, 0.25) is 5.91 Å². The Hall–Kier alpha value is -1.34. The van der Waals surface area contributed by atoms with Crippen LogP contribution in [0.15, 0.2) is 24.3 Å². The van der Waals surface area contributed by atoms with Crippen molar-refractivity contribution in [1.29, 1.82) is 0 Å². The molecule has 0 aromatic heterocycles. The quantitative estimate of drug-likeness (QED) is 0.783. The van der Waals surface area contributed by atoms with Gasteiger partial charge in [0, 0.05) is 23.7 Å². The highest BCUT2D eigenvalue weighted by Gasteiger charge is 2.22. The van der Waals surface area contributed by atoms with Gasteiger partial charge in [-0.2, -0.15) is 0 Å². The minimum Gasteiger partial charge on any atom is -0.354 e. The van der Waals surface area contributed by atoms with E-state index >= 15 is 0 Å². The molecule has 0 spiro atoms. The Bertz CT molecular complexity index is 576. The summed E-state index contributed by atoms with van der Waals surface area (Å²) in [4.78, 5) is 24.0. The van der Waals surface area contributed by atoms with Gasteiger partial charge in [-0.1, -0.05) is 12.1 Å². The SMILES string of the molecule is O=C(Nc1cccc(C2SCCS2)c1)N[C@@H]1CCCCNC1=O. The molecular formula is C16H21N3O2S2. The van der Waals surface area contributed by atoms with Crippen LogP contribution in [0.25, 0.3) is 0 Å². The topological polar surface area (TPSA) is 70.2 Å². The summed E-state index contributed by atoms with van der Waals surface area (Å²) in [5, 5.41) is 8.44. The molecule has 5 nitrogen and oxygen atoms in total. The molecule has 1 aromatic rings. The minimum absolute atomic E-state index is 0.0924. The van der Waals surface area contributed by atoms with E-state index < -0.39 is 6.04 Å². The smallest absolute Gasteiger partial charge is 0.319 e. The summed E-state index contributed by atoms with van der Waals surface area (Å²) < 4.78 is 0.451. The zero-order chi connectivity index (χ0) is 16.1. The van der Waals surface area contributed by atoms with Crippen molar-refractivity contribution >= 4 is 41.1 Å². The standard InChI is InChI=1S/C16H21N3O2S2/c20-14-13(6-1-2-7-17-14)19-16(21)18-12-5-3-4-11(10-12)15-22-8-9-23-15/h3-5,10,13,15H,1-2,6-9H2,(H,17,20)(H2,18,19,21)/t13-/m1/s1. The van der Waals surface area contributed by atoms with Crippen molar-refractivity contribution in [3.05, 3.63) is 29.8 Å². The minimum atomic E-state index is -0.443. The first-order valence-corrected chi connectivity index (χ1v) is 10.0. The molecule has 7 heteroatoms. The molecule has 3 rings (SSSR count). The van der Waals surface area contributed by atoms with Gasteiger partial charge >= 0.3 is 6.03 Å². The van der Waals surface area contributed by atoms with Gasteiger partial charge in [-0.15, -0.1) is 23.5 Å². The molecule has 0 radical (unpaired) electrons. The first kappa shape index (κ1) is 16.5. The second kappa shape index (κ2) is 7.97. The first-order chi connectivity index (χ1) is 11.2. The van der Waals surface area contributed by atoms with E-state index in [1.165, 1.54) is 17.1 Å². The summed E-state index contributed by atoms with van der Waals surface area (Å²) in [6.45, 7) is 0.692. The normalized spacial score (nSPS) is 22.3. The lowest BCUT2D eigenvalue weighted by Gasteiger charge is -2.16. The van der Waals surface area contributed by atoms with E-state index in [4.69, 9.17) is 0 Å². The molecule has 0 saturated carbocycles. The lowest BCUT2D eigenvalue weighted by Crippen LogP contribution is -2.47. The summed E-state index contributed by atoms with van der Waals surface area (Å²) in [6, 6.07) is 7.18. The van der Waals surface area contributed by atoms with Gasteiger partial charge in [-0.25, -0.2) is 4.79 Å². The van der Waals surface area contributed by atoms with Gasteiger partial charge in [0.15, 0.2) is 0 Å². The molecule has 0 unspecified atom stereocenters. The van der Waals surface area contributed by atoms with Crippen LogP contribution in [0.4, 0.5) is 10.5 Å². The Morgan fingerprint density at radius 2 is 2.04 bits per heavy atom. The highest BCUT2D eigenvalue weighted by atomic mass is 32.2. The van der Waals surface area contributed by atoms with Crippen molar-refractivity contribution in [2.24, 2.45) is 0 Å². The van der Waals surface area contributed by atoms with Gasteiger partial charge in [0.1, 0.15) is 6.04 Å². The number of amides is 3. The van der Waals surface area contributed by atoms with E-state index in [2.05, 4.69) is 22.0 Å². The summed E-state index contributed by atoms with van der Waals surface area (Å²) >= 11 is 3.87. The third kappa shape index (κ3) is 4.57. The van der Waals surface area contributed by atoms with E-state index in [1.807, 2.05) is 41.7 Å². The Morgan fingerprint density at radius 3 is 2.87 bits per heavy atom. The molecule has 1 atom stereocenters. The number of carbonyl (C=O) groups excluding carboxylic acids is 2. The van der Waals surface area contributed by atoms with Crippen molar-refractivity contribution in [3.63, 3.8) is 0 Å². The second-order valence-electron chi connectivity index (χ2n) is 5.64. The zero-order valence-electron chi connectivity index (χ0n) is 12.8. The number of urea groups is 1. The van der Waals surface area contributed by atoms with Gasteiger partial charge in [0.25, 0.3) is 0 Å². The van der Waals surface area contributed by atoms with Crippen LogP contribution in [-0.4, -0.2) is 36.0 Å². The lowest BCUT2D eigenvalue weighted by atomic mass is 10.1. The maximum atomic E-state index is 12.2. The fourth-order valence-corrected chi connectivity index (χ4v) is 5.55. The van der Waals surface area contributed by atoms with Crippen LogP contribution in [0.3, 0.4) is 0 Å². The van der Waals surface area contributed by atoms with Crippen LogP contribution in [0.1, 0.15) is 29.4 Å². The number of benzene rings is 1. The van der Waals surface area contributed by atoms with Gasteiger partial charge in [-0.3, -0.25) is 4.79 Å². The van der Waals surface area contributed by atoms with Crippen molar-refractivity contribution in [2.45, 2.75) is 29.9 Å². The van der Waals surface area contributed by atoms with Gasteiger partial charge in [0.05, 0.1) is 4.58 Å². The molecule has 0 aliphatic carbocycles. The van der Waals surface area contributed by atoms with Gasteiger partial charge < -0.3 is 16.0 Å². The molecule has 3 N–H and O–H groups in total. The maximum Gasteiger partial charge on any atom is 0.319 e. The second-order valence-corrected chi connectivity index (χ2v) is 8.36.